The molecule has 0 bridgehead atoms. The summed E-state index contributed by atoms with van der Waals surface area (Å²) < 4.78 is 66.4. The molecular weight excluding hydrogens is 439 g/mol. The van der Waals surface area contributed by atoms with Crippen LogP contribution in [0.2, 0.25) is 5.02 Å². The number of halogens is 4. The number of carbonyl (C=O) groups excluding carboxylic acids is 1. The number of aromatic nitrogens is 2. The average Bonchev–Trinajstić information content (AvgIpc) is 3.12. The highest BCUT2D eigenvalue weighted by Crippen LogP contribution is 2.30. The molecule has 12 heteroatoms. The molecule has 1 N–H and O–H groups in total. The number of anilines is 1. The van der Waals surface area contributed by atoms with Crippen LogP contribution < -0.4 is 5.32 Å². The van der Waals surface area contributed by atoms with Gasteiger partial charge in [0.1, 0.15) is 0 Å². The number of rotatable bonds is 4. The van der Waals surface area contributed by atoms with Crippen molar-refractivity contribution in [2.24, 2.45) is 0 Å². The maximum absolute atomic E-state index is 12.7. The quantitative estimate of drug-likeness (QED) is 0.644. The van der Waals surface area contributed by atoms with Crippen molar-refractivity contribution in [1.82, 2.24) is 9.59 Å². The Bertz CT molecular complexity index is 1110. The number of benzene rings is 2. The summed E-state index contributed by atoms with van der Waals surface area (Å²) in [7, 11) is -4.08. The van der Waals surface area contributed by atoms with Crippen LogP contribution in [0.1, 0.15) is 16.1 Å². The van der Waals surface area contributed by atoms with Gasteiger partial charge >= 0.3 is 6.18 Å². The molecule has 1 heterocycles. The molecule has 0 saturated carbocycles. The third kappa shape index (κ3) is 4.16. The predicted octanol–water partition coefficient (Wildman–Crippen LogP) is 4.30. The lowest BCUT2D eigenvalue weighted by atomic mass is 10.2. The highest BCUT2D eigenvalue weighted by molar-refractivity contribution is 7.93. The van der Waals surface area contributed by atoms with E-state index in [9.17, 15) is 26.4 Å². The number of nitrogens with zero attached hydrogens (tertiary/aromatic N) is 2. The zero-order chi connectivity index (χ0) is 20.5. The second-order valence-corrected chi connectivity index (χ2v) is 8.73. The minimum Gasteiger partial charge on any atom is -0.321 e. The molecule has 6 nitrogen and oxygen atoms in total. The van der Waals surface area contributed by atoms with Crippen LogP contribution in [-0.2, 0) is 16.0 Å². The lowest BCUT2D eigenvalue weighted by Crippen LogP contribution is -2.16. The summed E-state index contributed by atoms with van der Waals surface area (Å²) in [6.07, 6.45) is -4.51. The summed E-state index contributed by atoms with van der Waals surface area (Å²) in [6.45, 7) is 0. The van der Waals surface area contributed by atoms with Gasteiger partial charge in [-0.1, -0.05) is 16.1 Å². The lowest BCUT2D eigenvalue weighted by molar-refractivity contribution is -0.137. The number of alkyl halides is 3. The van der Waals surface area contributed by atoms with Crippen molar-refractivity contribution in [3.63, 3.8) is 0 Å². The van der Waals surface area contributed by atoms with E-state index >= 15 is 0 Å². The Balaban J connectivity index is 1.87. The third-order valence-corrected chi connectivity index (χ3v) is 6.74. The first-order valence-electron chi connectivity index (χ1n) is 7.40. The topological polar surface area (TPSA) is 89.0 Å². The van der Waals surface area contributed by atoms with Crippen LogP contribution >= 0.6 is 23.1 Å². The fraction of sp³-hybridized carbons (Fsp3) is 0.0625. The van der Waals surface area contributed by atoms with E-state index < -0.39 is 33.2 Å². The molecule has 0 unspecified atom stereocenters. The van der Waals surface area contributed by atoms with Crippen molar-refractivity contribution in [2.75, 3.05) is 5.32 Å². The zero-order valence-electron chi connectivity index (χ0n) is 13.6. The fourth-order valence-electron chi connectivity index (χ4n) is 2.15. The van der Waals surface area contributed by atoms with Crippen LogP contribution in [-0.4, -0.2) is 23.9 Å². The maximum Gasteiger partial charge on any atom is 0.416 e. The number of nitrogens with one attached hydrogen (secondary N) is 1. The molecule has 0 aliphatic rings. The van der Waals surface area contributed by atoms with Gasteiger partial charge in [0.25, 0.3) is 5.91 Å². The van der Waals surface area contributed by atoms with Crippen LogP contribution in [0.15, 0.2) is 57.6 Å². The first-order valence-corrected chi connectivity index (χ1v) is 10.0. The van der Waals surface area contributed by atoms with Crippen LogP contribution in [0.3, 0.4) is 0 Å². The molecule has 146 valence electrons. The molecule has 0 radical (unpaired) electrons. The van der Waals surface area contributed by atoms with Crippen molar-refractivity contribution >= 4 is 44.6 Å². The number of sulfone groups is 1. The maximum atomic E-state index is 12.7. The minimum atomic E-state index is -4.51. The molecule has 0 atom stereocenters. The molecule has 3 rings (SSSR count). The highest BCUT2D eigenvalue weighted by atomic mass is 35.5. The third-order valence-electron chi connectivity index (χ3n) is 3.51. The van der Waals surface area contributed by atoms with E-state index in [1.165, 1.54) is 24.3 Å². The molecular formula is C16H9ClF3N3O3S2. The van der Waals surface area contributed by atoms with Gasteiger partial charge in [-0.15, -0.1) is 5.10 Å². The van der Waals surface area contributed by atoms with Crippen molar-refractivity contribution < 1.29 is 26.4 Å². The smallest absolute Gasteiger partial charge is 0.321 e. The summed E-state index contributed by atoms with van der Waals surface area (Å²) in [4.78, 5) is 12.3. The minimum absolute atomic E-state index is 0.0424. The van der Waals surface area contributed by atoms with Gasteiger partial charge < -0.3 is 5.32 Å². The molecule has 1 aromatic heterocycles. The largest absolute Gasteiger partial charge is 0.416 e. The fourth-order valence-corrected chi connectivity index (χ4v) is 4.57. The Morgan fingerprint density at radius 1 is 1.04 bits per heavy atom. The van der Waals surface area contributed by atoms with Gasteiger partial charge in [0.05, 0.1) is 10.5 Å². The van der Waals surface area contributed by atoms with Gasteiger partial charge in [-0.25, -0.2) is 8.42 Å². The molecule has 2 aromatic carbocycles. The van der Waals surface area contributed by atoms with E-state index in [4.69, 9.17) is 11.6 Å². The Morgan fingerprint density at radius 3 is 2.21 bits per heavy atom. The summed E-state index contributed by atoms with van der Waals surface area (Å²) in [5, 5.41) is 6.19. The van der Waals surface area contributed by atoms with Crippen LogP contribution in [0, 0.1) is 0 Å². The van der Waals surface area contributed by atoms with Crippen LogP contribution in [0.5, 0.6) is 0 Å². The standard InChI is InChI=1S/C16H9ClF3N3O3S2/c17-10-3-7-12(8-4-10)28(25,26)15-13(22-23-27-15)14(24)21-11-5-1-9(2-6-11)16(18,19)20/h1-8H,(H,21,24). The number of amides is 1. The summed E-state index contributed by atoms with van der Waals surface area (Å²) in [5.41, 5.74) is -1.30. The molecule has 1 amide bonds. The SMILES string of the molecule is O=C(Nc1ccc(C(F)(F)F)cc1)c1nnsc1S(=O)(=O)c1ccc(Cl)cc1. The molecule has 28 heavy (non-hydrogen) atoms. The Hall–Kier alpha value is -2.50. The van der Waals surface area contributed by atoms with Gasteiger partial charge in [-0.05, 0) is 48.5 Å². The van der Waals surface area contributed by atoms with Crippen LogP contribution in [0.25, 0.3) is 0 Å². The Kier molecular flexibility index (Phi) is 5.41. The first-order chi connectivity index (χ1) is 13.1. The highest BCUT2D eigenvalue weighted by Gasteiger charge is 2.31. The monoisotopic (exact) mass is 447 g/mol. The number of hydrogen-bond acceptors (Lipinski definition) is 6. The van der Waals surface area contributed by atoms with E-state index in [0.717, 1.165) is 24.3 Å². The van der Waals surface area contributed by atoms with Gasteiger partial charge in [-0.3, -0.25) is 4.79 Å². The van der Waals surface area contributed by atoms with E-state index in [0.29, 0.717) is 16.6 Å². The van der Waals surface area contributed by atoms with E-state index in [-0.39, 0.29) is 14.8 Å². The normalized spacial score (nSPS) is 12.0. The Labute approximate surface area is 166 Å². The summed E-state index contributed by atoms with van der Waals surface area (Å²) in [6, 6.07) is 8.99. The lowest BCUT2D eigenvalue weighted by Gasteiger charge is -2.08. The van der Waals surface area contributed by atoms with Crippen LogP contribution in [0.4, 0.5) is 18.9 Å². The van der Waals surface area contributed by atoms with Gasteiger partial charge in [0, 0.05) is 22.2 Å². The average molecular weight is 448 g/mol. The van der Waals surface area contributed by atoms with Crippen molar-refractivity contribution in [3.05, 3.63) is 64.8 Å². The molecule has 0 spiro atoms. The number of hydrogen-bond donors (Lipinski definition) is 1. The van der Waals surface area contributed by atoms with E-state index in [1.54, 1.807) is 0 Å². The molecule has 0 fully saturated rings. The summed E-state index contributed by atoms with van der Waals surface area (Å²) >= 11 is 6.26. The predicted molar refractivity (Wildman–Crippen MR) is 96.2 cm³/mol. The number of carbonyl (C=O) groups is 1. The Morgan fingerprint density at radius 2 is 1.64 bits per heavy atom. The first kappa shape index (κ1) is 20.2. The van der Waals surface area contributed by atoms with Gasteiger partial charge in [-0.2, -0.15) is 13.2 Å². The second-order valence-electron chi connectivity index (χ2n) is 5.40. The van der Waals surface area contributed by atoms with Crippen molar-refractivity contribution in [3.8, 4) is 0 Å². The van der Waals surface area contributed by atoms with E-state index in [1.807, 2.05) is 0 Å². The van der Waals surface area contributed by atoms with Crippen molar-refractivity contribution in [2.45, 2.75) is 15.3 Å². The van der Waals surface area contributed by atoms with Crippen molar-refractivity contribution in [1.29, 1.82) is 0 Å². The van der Waals surface area contributed by atoms with Gasteiger partial charge in [0.2, 0.25) is 9.84 Å². The molecule has 0 aliphatic carbocycles. The molecule has 0 aliphatic heterocycles. The second kappa shape index (κ2) is 7.49. The molecule has 0 saturated heterocycles. The zero-order valence-corrected chi connectivity index (χ0v) is 16.0. The molecule has 3 aromatic rings. The van der Waals surface area contributed by atoms with E-state index in [2.05, 4.69) is 14.9 Å². The summed E-state index contributed by atoms with van der Waals surface area (Å²) in [5.74, 6) is -0.916. The van der Waals surface area contributed by atoms with Gasteiger partial charge in [0.15, 0.2) is 9.90 Å².